The summed E-state index contributed by atoms with van der Waals surface area (Å²) >= 11 is 0. The van der Waals surface area contributed by atoms with Gasteiger partial charge in [0.2, 0.25) is 0 Å². The van der Waals surface area contributed by atoms with Gasteiger partial charge >= 0.3 is 0 Å². The number of pyridine rings is 2. The zero-order valence-corrected chi connectivity index (χ0v) is 8.88. The maximum absolute atomic E-state index is 6.08. The van der Waals surface area contributed by atoms with Gasteiger partial charge in [-0.2, -0.15) is 0 Å². The lowest BCUT2D eigenvalue weighted by atomic mass is 10.0. The van der Waals surface area contributed by atoms with Crippen molar-refractivity contribution in [3.05, 3.63) is 54.0 Å². The molecule has 1 atom stereocenters. The van der Waals surface area contributed by atoms with Gasteiger partial charge in [0, 0.05) is 24.6 Å². The van der Waals surface area contributed by atoms with E-state index in [1.807, 2.05) is 24.3 Å². The smallest absolute Gasteiger partial charge is 0.126 e. The molecule has 0 bridgehead atoms. The Morgan fingerprint density at radius 2 is 1.88 bits per heavy atom. The lowest BCUT2D eigenvalue weighted by Crippen LogP contribution is -2.14. The summed E-state index contributed by atoms with van der Waals surface area (Å²) in [6.07, 6.45) is 5.84. The molecular weight excluding hydrogens is 200 g/mol. The van der Waals surface area contributed by atoms with Crippen LogP contribution in [0.1, 0.15) is 17.2 Å². The minimum Gasteiger partial charge on any atom is -0.383 e. The second-order valence-electron chi connectivity index (χ2n) is 3.64. The minimum atomic E-state index is -0.0745. The van der Waals surface area contributed by atoms with Crippen molar-refractivity contribution in [3.8, 4) is 0 Å². The van der Waals surface area contributed by atoms with Crippen LogP contribution in [0, 0.1) is 0 Å². The second kappa shape index (κ2) is 4.72. The molecule has 0 spiro atoms. The van der Waals surface area contributed by atoms with E-state index in [4.69, 9.17) is 11.5 Å². The molecule has 1 unspecified atom stereocenters. The Hall–Kier alpha value is -1.94. The largest absolute Gasteiger partial charge is 0.383 e. The highest BCUT2D eigenvalue weighted by Gasteiger charge is 2.08. The van der Waals surface area contributed by atoms with Gasteiger partial charge in [-0.25, -0.2) is 4.98 Å². The van der Waals surface area contributed by atoms with Gasteiger partial charge in [-0.3, -0.25) is 4.98 Å². The van der Waals surface area contributed by atoms with E-state index in [1.165, 1.54) is 0 Å². The van der Waals surface area contributed by atoms with Crippen molar-refractivity contribution < 1.29 is 0 Å². The third-order valence-electron chi connectivity index (χ3n) is 2.50. The molecule has 0 aliphatic heterocycles. The molecule has 0 radical (unpaired) electrons. The SMILES string of the molecule is Nc1ncccc1CC(N)c1ccncc1. The van der Waals surface area contributed by atoms with Gasteiger partial charge in [0.25, 0.3) is 0 Å². The van der Waals surface area contributed by atoms with Crippen LogP contribution in [0.5, 0.6) is 0 Å². The Morgan fingerprint density at radius 1 is 1.12 bits per heavy atom. The maximum Gasteiger partial charge on any atom is 0.126 e. The first-order chi connectivity index (χ1) is 7.77. The number of nitrogen functional groups attached to an aromatic ring is 1. The van der Waals surface area contributed by atoms with Crippen LogP contribution in [-0.2, 0) is 6.42 Å². The summed E-state index contributed by atoms with van der Waals surface area (Å²) in [6.45, 7) is 0. The topological polar surface area (TPSA) is 77.8 Å². The summed E-state index contributed by atoms with van der Waals surface area (Å²) in [6, 6.07) is 7.57. The van der Waals surface area contributed by atoms with Crippen LogP contribution in [0.4, 0.5) is 5.82 Å². The molecule has 2 aromatic heterocycles. The highest BCUT2D eigenvalue weighted by atomic mass is 14.8. The number of nitrogens with zero attached hydrogens (tertiary/aromatic N) is 2. The summed E-state index contributed by atoms with van der Waals surface area (Å²) < 4.78 is 0. The first kappa shape index (κ1) is 10.6. The minimum absolute atomic E-state index is 0.0745. The monoisotopic (exact) mass is 214 g/mol. The summed E-state index contributed by atoms with van der Waals surface area (Å²) in [4.78, 5) is 8.00. The molecule has 4 nitrogen and oxygen atoms in total. The van der Waals surface area contributed by atoms with E-state index < -0.39 is 0 Å². The van der Waals surface area contributed by atoms with Crippen LogP contribution in [-0.4, -0.2) is 9.97 Å². The fraction of sp³-hybridized carbons (Fsp3) is 0.167. The van der Waals surface area contributed by atoms with E-state index in [-0.39, 0.29) is 6.04 Å². The van der Waals surface area contributed by atoms with Crippen LogP contribution < -0.4 is 11.5 Å². The molecule has 0 amide bonds. The fourth-order valence-corrected chi connectivity index (χ4v) is 1.59. The van der Waals surface area contributed by atoms with Crippen LogP contribution in [0.3, 0.4) is 0 Å². The number of rotatable bonds is 3. The van der Waals surface area contributed by atoms with E-state index in [9.17, 15) is 0 Å². The molecule has 0 saturated carbocycles. The Labute approximate surface area is 94.3 Å². The Morgan fingerprint density at radius 3 is 2.56 bits per heavy atom. The van der Waals surface area contributed by atoms with Crippen molar-refractivity contribution in [1.29, 1.82) is 0 Å². The summed E-state index contributed by atoms with van der Waals surface area (Å²) in [5, 5.41) is 0. The standard InChI is InChI=1S/C12H14N4/c13-11(9-3-6-15-7-4-9)8-10-2-1-5-16-12(10)14/h1-7,11H,8,13H2,(H2,14,16). The predicted octanol–water partition coefficient (Wildman–Crippen LogP) is 1.30. The third kappa shape index (κ3) is 2.35. The molecule has 0 aliphatic carbocycles. The molecule has 4 heteroatoms. The van der Waals surface area contributed by atoms with Crippen molar-refractivity contribution in [2.75, 3.05) is 5.73 Å². The van der Waals surface area contributed by atoms with Crippen molar-refractivity contribution in [3.63, 3.8) is 0 Å². The van der Waals surface area contributed by atoms with Crippen LogP contribution in [0.15, 0.2) is 42.9 Å². The highest BCUT2D eigenvalue weighted by molar-refractivity contribution is 5.39. The Kier molecular flexibility index (Phi) is 3.12. The van der Waals surface area contributed by atoms with Crippen LogP contribution >= 0.6 is 0 Å². The lowest BCUT2D eigenvalue weighted by molar-refractivity contribution is 0.720. The van der Waals surface area contributed by atoms with E-state index in [0.29, 0.717) is 12.2 Å². The van der Waals surface area contributed by atoms with Crippen molar-refractivity contribution in [2.45, 2.75) is 12.5 Å². The molecule has 0 aliphatic rings. The van der Waals surface area contributed by atoms with Crippen molar-refractivity contribution >= 4 is 5.82 Å². The van der Waals surface area contributed by atoms with Gasteiger partial charge in [-0.05, 0) is 35.7 Å². The molecule has 0 aromatic carbocycles. The number of nitrogens with two attached hydrogens (primary N) is 2. The van der Waals surface area contributed by atoms with Gasteiger partial charge in [-0.1, -0.05) is 6.07 Å². The molecule has 0 saturated heterocycles. The molecule has 2 aromatic rings. The zero-order chi connectivity index (χ0) is 11.4. The average molecular weight is 214 g/mol. The first-order valence-corrected chi connectivity index (χ1v) is 5.12. The molecule has 4 N–H and O–H groups in total. The molecular formula is C12H14N4. The predicted molar refractivity (Wildman–Crippen MR) is 63.5 cm³/mol. The van der Waals surface area contributed by atoms with Crippen molar-refractivity contribution in [2.24, 2.45) is 5.73 Å². The van der Waals surface area contributed by atoms with Gasteiger partial charge in [-0.15, -0.1) is 0 Å². The van der Waals surface area contributed by atoms with Crippen LogP contribution in [0.2, 0.25) is 0 Å². The zero-order valence-electron chi connectivity index (χ0n) is 8.88. The van der Waals surface area contributed by atoms with Gasteiger partial charge in [0.15, 0.2) is 0 Å². The van der Waals surface area contributed by atoms with E-state index in [1.54, 1.807) is 18.6 Å². The van der Waals surface area contributed by atoms with Gasteiger partial charge in [0.1, 0.15) is 5.82 Å². The summed E-state index contributed by atoms with van der Waals surface area (Å²) in [5.41, 5.74) is 13.9. The normalized spacial score (nSPS) is 12.3. The number of aromatic nitrogens is 2. The second-order valence-corrected chi connectivity index (χ2v) is 3.64. The van der Waals surface area contributed by atoms with Crippen molar-refractivity contribution in [1.82, 2.24) is 9.97 Å². The van der Waals surface area contributed by atoms with Crippen LogP contribution in [0.25, 0.3) is 0 Å². The third-order valence-corrected chi connectivity index (χ3v) is 2.50. The summed E-state index contributed by atoms with van der Waals surface area (Å²) in [5.74, 6) is 0.548. The molecule has 82 valence electrons. The average Bonchev–Trinajstić information content (AvgIpc) is 2.33. The number of hydrogen-bond donors (Lipinski definition) is 2. The van der Waals surface area contributed by atoms with Gasteiger partial charge in [0.05, 0.1) is 0 Å². The number of anilines is 1. The molecule has 16 heavy (non-hydrogen) atoms. The fourth-order valence-electron chi connectivity index (χ4n) is 1.59. The van der Waals surface area contributed by atoms with E-state index in [0.717, 1.165) is 11.1 Å². The first-order valence-electron chi connectivity index (χ1n) is 5.12. The maximum atomic E-state index is 6.08. The molecule has 0 fully saturated rings. The molecule has 2 heterocycles. The van der Waals surface area contributed by atoms with Gasteiger partial charge < -0.3 is 11.5 Å². The Balaban J connectivity index is 2.14. The highest BCUT2D eigenvalue weighted by Crippen LogP contribution is 2.17. The summed E-state index contributed by atoms with van der Waals surface area (Å²) in [7, 11) is 0. The van der Waals surface area contributed by atoms with E-state index >= 15 is 0 Å². The number of hydrogen-bond acceptors (Lipinski definition) is 4. The quantitative estimate of drug-likeness (QED) is 0.807. The van der Waals surface area contributed by atoms with E-state index in [2.05, 4.69) is 9.97 Å². The molecule has 2 rings (SSSR count). The Bertz CT molecular complexity index is 456. The lowest BCUT2D eigenvalue weighted by Gasteiger charge is -2.12.